The fourth-order valence-corrected chi connectivity index (χ4v) is 1.76. The molecule has 12 heteroatoms. The fraction of sp³-hybridized carbons (Fsp3) is 1.00. The number of aliphatic hydroxyl groups is 4. The molecule has 0 saturated carbocycles. The molecule has 18 heavy (non-hydrogen) atoms. The minimum absolute atomic E-state index is 0. The van der Waals surface area contributed by atoms with Gasteiger partial charge in [0.2, 0.25) is 0 Å². The standard InChI is InChI=1S/C6H13O9P.2H3N/c7-1-2(8)5-3(9)4(10)6(14-5)15-16(11,12)13;;/h2-10H,1H2,(H2,11,12,13);2*1H3/t2-,3-,4-,5-,6-;;/m1../s1. The lowest BCUT2D eigenvalue weighted by Gasteiger charge is -2.18. The second-order valence-electron chi connectivity index (χ2n) is 3.30. The lowest BCUT2D eigenvalue weighted by Crippen LogP contribution is -2.40. The van der Waals surface area contributed by atoms with E-state index in [1.807, 2.05) is 0 Å². The van der Waals surface area contributed by atoms with Crippen molar-refractivity contribution in [3.05, 3.63) is 0 Å². The van der Waals surface area contributed by atoms with Crippen LogP contribution >= 0.6 is 7.82 Å². The lowest BCUT2D eigenvalue weighted by molar-refractivity contribution is -0.144. The first-order chi connectivity index (χ1) is 7.26. The molecule has 112 valence electrons. The quantitative estimate of drug-likeness (QED) is 0.247. The van der Waals surface area contributed by atoms with Gasteiger partial charge in [-0.05, 0) is 0 Å². The average molecular weight is 294 g/mol. The van der Waals surface area contributed by atoms with Gasteiger partial charge in [0.15, 0.2) is 6.29 Å². The van der Waals surface area contributed by atoms with Crippen LogP contribution in [0.4, 0.5) is 0 Å². The van der Waals surface area contributed by atoms with E-state index < -0.39 is 45.1 Å². The van der Waals surface area contributed by atoms with Crippen molar-refractivity contribution in [3.8, 4) is 0 Å². The predicted octanol–water partition coefficient (Wildman–Crippen LogP) is -2.78. The van der Waals surface area contributed by atoms with Gasteiger partial charge in [-0.25, -0.2) is 4.57 Å². The molecule has 0 aromatic carbocycles. The van der Waals surface area contributed by atoms with Crippen molar-refractivity contribution < 1.29 is 44.0 Å². The molecule has 0 aromatic heterocycles. The highest BCUT2D eigenvalue weighted by Gasteiger charge is 2.48. The topological polar surface area (TPSA) is 227 Å². The van der Waals surface area contributed by atoms with E-state index in [-0.39, 0.29) is 12.3 Å². The number of phosphoric ester groups is 1. The maximum absolute atomic E-state index is 10.5. The van der Waals surface area contributed by atoms with Gasteiger partial charge in [-0.1, -0.05) is 0 Å². The zero-order valence-corrected chi connectivity index (χ0v) is 10.3. The van der Waals surface area contributed by atoms with E-state index in [9.17, 15) is 14.8 Å². The predicted molar refractivity (Wildman–Crippen MR) is 56.9 cm³/mol. The SMILES string of the molecule is N.N.O=P(O)(O)O[C@H]1O[C@H]([C@H](O)CO)[C@H](O)[C@H]1O. The molecule has 0 aliphatic carbocycles. The van der Waals surface area contributed by atoms with Crippen LogP contribution in [-0.4, -0.2) is 67.5 Å². The van der Waals surface area contributed by atoms with Gasteiger partial charge in [-0.15, -0.1) is 0 Å². The van der Waals surface area contributed by atoms with E-state index in [1.54, 1.807) is 0 Å². The van der Waals surface area contributed by atoms with Crippen LogP contribution in [0.5, 0.6) is 0 Å². The third-order valence-corrected chi connectivity index (χ3v) is 2.55. The maximum atomic E-state index is 10.5. The smallest absolute Gasteiger partial charge is 0.394 e. The zero-order chi connectivity index (χ0) is 12.5. The van der Waals surface area contributed by atoms with Crippen LogP contribution in [0, 0.1) is 0 Å². The molecule has 11 nitrogen and oxygen atoms in total. The van der Waals surface area contributed by atoms with Crippen LogP contribution in [0.15, 0.2) is 0 Å². The van der Waals surface area contributed by atoms with Gasteiger partial charge in [0.25, 0.3) is 0 Å². The largest absolute Gasteiger partial charge is 0.472 e. The minimum atomic E-state index is -4.88. The summed E-state index contributed by atoms with van der Waals surface area (Å²) in [6.45, 7) is -0.739. The molecule has 1 heterocycles. The number of rotatable bonds is 4. The van der Waals surface area contributed by atoms with Gasteiger partial charge in [0, 0.05) is 0 Å². The maximum Gasteiger partial charge on any atom is 0.472 e. The third kappa shape index (κ3) is 4.84. The van der Waals surface area contributed by atoms with Crippen molar-refractivity contribution in [3.63, 3.8) is 0 Å². The molecule has 1 aliphatic heterocycles. The highest BCUT2D eigenvalue weighted by molar-refractivity contribution is 7.46. The molecule has 1 aliphatic rings. The van der Waals surface area contributed by atoms with Crippen LogP contribution in [-0.2, 0) is 13.8 Å². The number of aliphatic hydroxyl groups excluding tert-OH is 4. The Labute approximate surface area is 102 Å². The molecule has 0 radical (unpaired) electrons. The van der Waals surface area contributed by atoms with Crippen molar-refractivity contribution in [1.82, 2.24) is 12.3 Å². The molecule has 0 amide bonds. The molecule has 1 fully saturated rings. The summed E-state index contributed by atoms with van der Waals surface area (Å²) in [6.07, 6.45) is -7.97. The van der Waals surface area contributed by atoms with Crippen LogP contribution in [0.1, 0.15) is 0 Å². The van der Waals surface area contributed by atoms with Gasteiger partial charge < -0.3 is 47.3 Å². The first-order valence-electron chi connectivity index (χ1n) is 4.30. The Hall–Kier alpha value is -0.170. The molecular formula is C6H19N2O9P. The van der Waals surface area contributed by atoms with Crippen molar-refractivity contribution >= 4 is 7.82 Å². The van der Waals surface area contributed by atoms with Crippen LogP contribution < -0.4 is 12.3 Å². The number of hydrogen-bond donors (Lipinski definition) is 8. The summed E-state index contributed by atoms with van der Waals surface area (Å²) in [4.78, 5) is 16.9. The Morgan fingerprint density at radius 1 is 1.22 bits per heavy atom. The fourth-order valence-electron chi connectivity index (χ4n) is 1.32. The van der Waals surface area contributed by atoms with E-state index in [0.717, 1.165) is 0 Å². The summed E-state index contributed by atoms with van der Waals surface area (Å²) in [5.74, 6) is 0. The average Bonchev–Trinajstić information content (AvgIpc) is 2.43. The second kappa shape index (κ2) is 7.43. The summed E-state index contributed by atoms with van der Waals surface area (Å²) in [6, 6.07) is 0. The Balaban J connectivity index is 0. The molecule has 1 rings (SSSR count). The van der Waals surface area contributed by atoms with Gasteiger partial charge in [-0.2, -0.15) is 0 Å². The third-order valence-electron chi connectivity index (χ3n) is 2.06. The summed E-state index contributed by atoms with van der Waals surface area (Å²) in [5.41, 5.74) is 0. The van der Waals surface area contributed by atoms with Crippen molar-refractivity contribution in [2.75, 3.05) is 6.61 Å². The Bertz CT molecular complexity index is 286. The summed E-state index contributed by atoms with van der Waals surface area (Å²) in [5, 5.41) is 36.4. The van der Waals surface area contributed by atoms with Crippen molar-refractivity contribution in [2.24, 2.45) is 0 Å². The van der Waals surface area contributed by atoms with Gasteiger partial charge in [-0.3, -0.25) is 4.52 Å². The van der Waals surface area contributed by atoms with Crippen molar-refractivity contribution in [1.29, 1.82) is 0 Å². The number of ether oxygens (including phenoxy) is 1. The molecule has 1 saturated heterocycles. The van der Waals surface area contributed by atoms with Crippen LogP contribution in [0.25, 0.3) is 0 Å². The first-order valence-corrected chi connectivity index (χ1v) is 5.83. The first kappa shape index (κ1) is 20.2. The van der Waals surface area contributed by atoms with Gasteiger partial charge in [0.1, 0.15) is 24.4 Å². The van der Waals surface area contributed by atoms with E-state index in [1.165, 1.54) is 0 Å². The molecule has 0 aromatic rings. The van der Waals surface area contributed by atoms with Crippen LogP contribution in [0.3, 0.4) is 0 Å². The zero-order valence-electron chi connectivity index (χ0n) is 9.36. The normalized spacial score (nSPS) is 33.4. The molecule has 5 atom stereocenters. The monoisotopic (exact) mass is 294 g/mol. The van der Waals surface area contributed by atoms with E-state index in [2.05, 4.69) is 4.52 Å². The summed E-state index contributed by atoms with van der Waals surface area (Å²) in [7, 11) is -4.88. The number of phosphoric acid groups is 1. The lowest BCUT2D eigenvalue weighted by atomic mass is 10.1. The van der Waals surface area contributed by atoms with Gasteiger partial charge in [0.05, 0.1) is 6.61 Å². The second-order valence-corrected chi connectivity index (χ2v) is 4.49. The molecule has 0 unspecified atom stereocenters. The minimum Gasteiger partial charge on any atom is -0.394 e. The summed E-state index contributed by atoms with van der Waals surface area (Å²) < 4.78 is 19.2. The molecule has 0 spiro atoms. The Morgan fingerprint density at radius 2 is 1.72 bits per heavy atom. The Morgan fingerprint density at radius 3 is 2.11 bits per heavy atom. The van der Waals surface area contributed by atoms with E-state index in [0.29, 0.717) is 0 Å². The number of hydrogen-bond acceptors (Lipinski definition) is 9. The molecule has 0 bridgehead atoms. The summed E-state index contributed by atoms with van der Waals surface area (Å²) >= 11 is 0. The highest BCUT2D eigenvalue weighted by Crippen LogP contribution is 2.41. The van der Waals surface area contributed by atoms with Gasteiger partial charge >= 0.3 is 7.82 Å². The Kier molecular flexibility index (Phi) is 8.32. The molecule has 12 N–H and O–H groups in total. The molecular weight excluding hydrogens is 275 g/mol. The van der Waals surface area contributed by atoms with E-state index in [4.69, 9.17) is 24.7 Å². The van der Waals surface area contributed by atoms with E-state index >= 15 is 0 Å². The van der Waals surface area contributed by atoms with Crippen molar-refractivity contribution in [2.45, 2.75) is 30.7 Å². The highest BCUT2D eigenvalue weighted by atomic mass is 31.2. The van der Waals surface area contributed by atoms with Crippen LogP contribution in [0.2, 0.25) is 0 Å².